The fourth-order valence-corrected chi connectivity index (χ4v) is 13.6. The van der Waals surface area contributed by atoms with Gasteiger partial charge in [0.1, 0.15) is 0 Å². The van der Waals surface area contributed by atoms with Gasteiger partial charge in [-0.25, -0.2) is 0 Å². The van der Waals surface area contributed by atoms with Crippen molar-refractivity contribution in [1.29, 1.82) is 0 Å². The van der Waals surface area contributed by atoms with Crippen LogP contribution in [0.15, 0.2) is 254 Å². The Hall–Kier alpha value is -7.67. The third kappa shape index (κ3) is 7.69. The molecular weight excluding hydrogens is 893 g/mol. The molecule has 0 radical (unpaired) electrons. The maximum absolute atomic E-state index is 2.40. The largest absolute Gasteiger partial charge is 0.310 e. The van der Waals surface area contributed by atoms with E-state index < -0.39 is 0 Å². The second-order valence-corrected chi connectivity index (χ2v) is 21.1. The number of fused-ring (bicyclic) bond motifs is 4. The summed E-state index contributed by atoms with van der Waals surface area (Å²) in [5, 5.41) is 12.2. The molecule has 0 bridgehead atoms. The van der Waals surface area contributed by atoms with Crippen LogP contribution in [0.1, 0.15) is 16.9 Å². The van der Waals surface area contributed by atoms with Crippen LogP contribution < -0.4 is 9.80 Å². The number of rotatable bonds is 10. The standard InChI is InChI=1S/C64H44N2S3/c1-5-14-49-40-56(28-18-44(49)10-1)65(57-29-19-45-11-2-6-15-50(45)41-57)54-26-22-48(23-27-54)60-34-35-61(68-60)62-36-37-63(69-62)64(38-9-39-67-64)53-24-32-55(33-25-53)66(58-30-20-46-12-3-7-16-51(46)42-58)59-31-21-47-13-4-8-17-52(47)43-59/h1-37,39-43H,38H2. The summed E-state index contributed by atoms with van der Waals surface area (Å²) in [4.78, 5) is 10.0. The summed E-state index contributed by atoms with van der Waals surface area (Å²) in [5.74, 6) is 0. The third-order valence-electron chi connectivity index (χ3n) is 13.6. The zero-order valence-corrected chi connectivity index (χ0v) is 40.0. The maximum atomic E-state index is 2.40. The van der Waals surface area contributed by atoms with E-state index in [2.05, 4.69) is 264 Å². The zero-order chi connectivity index (χ0) is 45.7. The molecule has 69 heavy (non-hydrogen) atoms. The van der Waals surface area contributed by atoms with Gasteiger partial charge in [-0.3, -0.25) is 0 Å². The van der Waals surface area contributed by atoms with Crippen LogP contribution in [0.4, 0.5) is 34.1 Å². The van der Waals surface area contributed by atoms with Gasteiger partial charge in [-0.05, 0) is 163 Å². The molecule has 0 saturated heterocycles. The summed E-state index contributed by atoms with van der Waals surface area (Å²) in [7, 11) is 0. The van der Waals surface area contributed by atoms with E-state index in [1.807, 2.05) is 34.4 Å². The highest BCUT2D eigenvalue weighted by molar-refractivity contribution is 8.03. The SMILES string of the molecule is C1=CSC(c2ccc(N(c3ccc4ccccc4c3)c3ccc4ccccc4c3)cc2)(c2ccc(-c3ccc(-c4ccc(N(c5ccc6ccccc6c5)c5ccc6ccccc6c5)cc4)s3)s2)C1. The Morgan fingerprint density at radius 3 is 1.13 bits per heavy atom. The lowest BCUT2D eigenvalue weighted by Gasteiger charge is -2.30. The van der Waals surface area contributed by atoms with Crippen molar-refractivity contribution < 1.29 is 0 Å². The van der Waals surface area contributed by atoms with E-state index in [0.29, 0.717) is 0 Å². The summed E-state index contributed by atoms with van der Waals surface area (Å²) in [6.07, 6.45) is 3.29. The Morgan fingerprint density at radius 1 is 0.319 bits per heavy atom. The summed E-state index contributed by atoms with van der Waals surface area (Å²) >= 11 is 5.73. The molecule has 5 heteroatoms. The smallest absolute Gasteiger partial charge is 0.0825 e. The Balaban J connectivity index is 0.795. The van der Waals surface area contributed by atoms with Crippen molar-refractivity contribution in [1.82, 2.24) is 0 Å². The molecule has 2 aromatic heterocycles. The lowest BCUT2D eigenvalue weighted by Crippen LogP contribution is -2.19. The predicted octanol–water partition coefficient (Wildman–Crippen LogP) is 19.6. The lowest BCUT2D eigenvalue weighted by molar-refractivity contribution is 0.787. The van der Waals surface area contributed by atoms with Crippen molar-refractivity contribution >= 4 is 112 Å². The van der Waals surface area contributed by atoms with Crippen molar-refractivity contribution in [3.63, 3.8) is 0 Å². The van der Waals surface area contributed by atoms with Crippen LogP contribution in [0.2, 0.25) is 0 Å². The average molecular weight is 937 g/mol. The third-order valence-corrected chi connectivity index (χ3v) is 17.7. The van der Waals surface area contributed by atoms with Crippen LogP contribution in [0, 0.1) is 0 Å². The van der Waals surface area contributed by atoms with Gasteiger partial charge >= 0.3 is 0 Å². The van der Waals surface area contributed by atoms with Gasteiger partial charge in [-0.15, -0.1) is 34.4 Å². The number of thioether (sulfide) groups is 1. The zero-order valence-electron chi connectivity index (χ0n) is 37.6. The maximum Gasteiger partial charge on any atom is 0.0825 e. The molecule has 1 aliphatic heterocycles. The first-order valence-corrected chi connectivity index (χ1v) is 25.9. The van der Waals surface area contributed by atoms with Gasteiger partial charge in [-0.2, -0.15) is 0 Å². The van der Waals surface area contributed by atoms with Gasteiger partial charge in [0.2, 0.25) is 0 Å². The predicted molar refractivity (Wildman–Crippen MR) is 301 cm³/mol. The second kappa shape index (κ2) is 17.4. The van der Waals surface area contributed by atoms with E-state index in [4.69, 9.17) is 0 Å². The molecule has 0 aliphatic carbocycles. The molecule has 10 aromatic carbocycles. The van der Waals surface area contributed by atoms with Crippen molar-refractivity contribution in [3.8, 4) is 20.2 Å². The van der Waals surface area contributed by atoms with E-state index in [-0.39, 0.29) is 4.75 Å². The number of nitrogens with zero attached hydrogens (tertiary/aromatic N) is 2. The molecule has 0 fully saturated rings. The number of benzene rings is 10. The molecule has 0 spiro atoms. The summed E-state index contributed by atoms with van der Waals surface area (Å²) in [6.45, 7) is 0. The molecule has 2 nitrogen and oxygen atoms in total. The van der Waals surface area contributed by atoms with Crippen LogP contribution in [0.5, 0.6) is 0 Å². The minimum atomic E-state index is -0.184. The number of allylic oxidation sites excluding steroid dienone is 1. The molecule has 0 amide bonds. The van der Waals surface area contributed by atoms with Crippen molar-refractivity contribution in [2.45, 2.75) is 11.2 Å². The number of hydrogen-bond donors (Lipinski definition) is 0. The molecule has 12 aromatic rings. The lowest BCUT2D eigenvalue weighted by atomic mass is 9.92. The number of thiophene rings is 2. The normalized spacial score (nSPS) is 14.6. The highest BCUT2D eigenvalue weighted by Crippen LogP contribution is 2.54. The minimum absolute atomic E-state index is 0.184. The Kier molecular flexibility index (Phi) is 10.5. The van der Waals surface area contributed by atoms with Crippen molar-refractivity contribution in [3.05, 3.63) is 265 Å². The van der Waals surface area contributed by atoms with E-state index in [0.717, 1.165) is 40.5 Å². The van der Waals surface area contributed by atoms with Gasteiger partial charge in [0, 0.05) is 53.6 Å². The Bertz CT molecular complexity index is 3710. The fraction of sp³-hybridized carbons (Fsp3) is 0.0312. The van der Waals surface area contributed by atoms with Crippen LogP contribution >= 0.6 is 34.4 Å². The van der Waals surface area contributed by atoms with Crippen LogP contribution in [-0.4, -0.2) is 0 Å². The summed E-state index contributed by atoms with van der Waals surface area (Å²) in [6, 6.07) is 89.2. The molecule has 0 N–H and O–H groups in total. The van der Waals surface area contributed by atoms with E-state index >= 15 is 0 Å². The Morgan fingerprint density at radius 2 is 0.696 bits per heavy atom. The summed E-state index contributed by atoms with van der Waals surface area (Å²) in [5.41, 5.74) is 9.35. The molecular formula is C64H44N2S3. The quantitative estimate of drug-likeness (QED) is 0.135. The molecule has 1 aliphatic rings. The van der Waals surface area contributed by atoms with Gasteiger partial charge in [0.05, 0.1) is 4.75 Å². The van der Waals surface area contributed by atoms with Gasteiger partial charge < -0.3 is 9.80 Å². The first kappa shape index (κ1) is 41.5. The molecule has 3 heterocycles. The number of anilines is 6. The monoisotopic (exact) mass is 936 g/mol. The molecule has 1 atom stereocenters. The molecule has 328 valence electrons. The molecule has 0 saturated carbocycles. The minimum Gasteiger partial charge on any atom is -0.310 e. The number of hydrogen-bond acceptors (Lipinski definition) is 5. The second-order valence-electron chi connectivity index (χ2n) is 17.7. The van der Waals surface area contributed by atoms with E-state index in [9.17, 15) is 0 Å². The Labute approximate surface area is 414 Å². The van der Waals surface area contributed by atoms with E-state index in [1.54, 1.807) is 0 Å². The van der Waals surface area contributed by atoms with Crippen LogP contribution in [-0.2, 0) is 4.75 Å². The van der Waals surface area contributed by atoms with Gasteiger partial charge in [0.15, 0.2) is 0 Å². The first-order chi connectivity index (χ1) is 34.1. The summed E-state index contributed by atoms with van der Waals surface area (Å²) < 4.78 is -0.184. The molecule has 13 rings (SSSR count). The first-order valence-electron chi connectivity index (χ1n) is 23.4. The fourth-order valence-electron chi connectivity index (χ4n) is 10.0. The highest BCUT2D eigenvalue weighted by atomic mass is 32.2. The average Bonchev–Trinajstić information content (AvgIpc) is 4.23. The highest BCUT2D eigenvalue weighted by Gasteiger charge is 2.38. The van der Waals surface area contributed by atoms with Crippen molar-refractivity contribution in [2.24, 2.45) is 0 Å². The molecule has 1 unspecified atom stereocenters. The van der Waals surface area contributed by atoms with E-state index in [1.165, 1.54) is 73.7 Å². The van der Waals surface area contributed by atoms with Gasteiger partial charge in [0.25, 0.3) is 0 Å². The van der Waals surface area contributed by atoms with Crippen LogP contribution in [0.25, 0.3) is 63.3 Å². The van der Waals surface area contributed by atoms with Crippen molar-refractivity contribution in [2.75, 3.05) is 9.80 Å². The van der Waals surface area contributed by atoms with Crippen LogP contribution in [0.3, 0.4) is 0 Å². The topological polar surface area (TPSA) is 6.48 Å². The van der Waals surface area contributed by atoms with Gasteiger partial charge in [-0.1, -0.05) is 152 Å².